The Morgan fingerprint density at radius 2 is 2.10 bits per heavy atom. The van der Waals surface area contributed by atoms with Crippen LogP contribution in [0.25, 0.3) is 0 Å². The molecule has 1 aromatic heterocycles. The van der Waals surface area contributed by atoms with E-state index < -0.39 is 0 Å². The Morgan fingerprint density at radius 3 is 2.65 bits per heavy atom. The van der Waals surface area contributed by atoms with Crippen molar-refractivity contribution in [3.63, 3.8) is 0 Å². The van der Waals surface area contributed by atoms with Gasteiger partial charge in [0.1, 0.15) is 5.82 Å². The van der Waals surface area contributed by atoms with Gasteiger partial charge in [0.15, 0.2) is 0 Å². The Bertz CT molecular complexity index is 558. The van der Waals surface area contributed by atoms with Crippen LogP contribution < -0.4 is 5.32 Å². The van der Waals surface area contributed by atoms with Crippen LogP contribution in [0.5, 0.6) is 0 Å². The smallest absolute Gasteiger partial charge is 0.127 e. The Labute approximate surface area is 127 Å². The molecule has 0 saturated carbocycles. The summed E-state index contributed by atoms with van der Waals surface area (Å²) in [5, 5.41) is 8.41. The van der Waals surface area contributed by atoms with Crippen molar-refractivity contribution in [2.75, 3.05) is 6.54 Å². The van der Waals surface area contributed by atoms with Crippen molar-refractivity contribution >= 4 is 23.2 Å². The average Bonchev–Trinajstić information content (AvgIpc) is 2.73. The summed E-state index contributed by atoms with van der Waals surface area (Å²) in [5.41, 5.74) is 1.31. The van der Waals surface area contributed by atoms with E-state index >= 15 is 0 Å². The van der Waals surface area contributed by atoms with Gasteiger partial charge in [-0.25, -0.2) is 4.39 Å². The summed E-state index contributed by atoms with van der Waals surface area (Å²) in [5.74, 6) is -0.307. The van der Waals surface area contributed by atoms with Gasteiger partial charge in [0, 0.05) is 17.6 Å². The van der Waals surface area contributed by atoms with Gasteiger partial charge in [-0.15, -0.1) is 0 Å². The lowest BCUT2D eigenvalue weighted by Gasteiger charge is -2.20. The highest BCUT2D eigenvalue weighted by molar-refractivity contribution is 6.31. The van der Waals surface area contributed by atoms with E-state index in [1.807, 2.05) is 14.0 Å². The van der Waals surface area contributed by atoms with Crippen molar-refractivity contribution in [1.29, 1.82) is 0 Å². The van der Waals surface area contributed by atoms with E-state index in [1.165, 1.54) is 6.07 Å². The van der Waals surface area contributed by atoms with Crippen LogP contribution in [0, 0.1) is 5.82 Å². The quantitative estimate of drug-likeness (QED) is 0.910. The molecule has 2 aromatic rings. The van der Waals surface area contributed by atoms with Crippen LogP contribution in [0.3, 0.4) is 0 Å². The molecular formula is C14H16Cl2FN3. The summed E-state index contributed by atoms with van der Waals surface area (Å²) < 4.78 is 15.6. The zero-order valence-corrected chi connectivity index (χ0v) is 12.8. The summed E-state index contributed by atoms with van der Waals surface area (Å²) in [6, 6.07) is 4.55. The van der Waals surface area contributed by atoms with E-state index in [4.69, 9.17) is 23.2 Å². The fourth-order valence-electron chi connectivity index (χ4n) is 2.26. The molecule has 6 heteroatoms. The highest BCUT2D eigenvalue weighted by atomic mass is 35.5. The van der Waals surface area contributed by atoms with Crippen molar-refractivity contribution in [3.05, 3.63) is 51.5 Å². The highest BCUT2D eigenvalue weighted by Gasteiger charge is 2.21. The summed E-state index contributed by atoms with van der Waals surface area (Å²) in [6.07, 6.45) is 2.00. The van der Waals surface area contributed by atoms with Crippen molar-refractivity contribution in [1.82, 2.24) is 15.1 Å². The van der Waals surface area contributed by atoms with Crippen molar-refractivity contribution < 1.29 is 4.39 Å². The SMILES string of the molecule is CCNC(Cc1c(F)cccc1Cl)c1c(Cl)cnn1C. The second-order valence-corrected chi connectivity index (χ2v) is 5.33. The van der Waals surface area contributed by atoms with Gasteiger partial charge in [0.25, 0.3) is 0 Å². The van der Waals surface area contributed by atoms with Gasteiger partial charge in [-0.05, 0) is 25.1 Å². The molecule has 2 rings (SSSR count). The lowest BCUT2D eigenvalue weighted by molar-refractivity contribution is 0.495. The minimum Gasteiger partial charge on any atom is -0.309 e. The molecule has 0 amide bonds. The van der Waals surface area contributed by atoms with Gasteiger partial charge in [-0.3, -0.25) is 4.68 Å². The molecule has 0 spiro atoms. The van der Waals surface area contributed by atoms with Gasteiger partial charge < -0.3 is 5.32 Å². The Balaban J connectivity index is 2.36. The number of halogens is 3. The van der Waals surface area contributed by atoms with Crippen LogP contribution in [0.15, 0.2) is 24.4 Å². The van der Waals surface area contributed by atoms with Crippen molar-refractivity contribution in [2.24, 2.45) is 7.05 Å². The molecule has 0 radical (unpaired) electrons. The number of hydrogen-bond acceptors (Lipinski definition) is 2. The maximum absolute atomic E-state index is 13.9. The second kappa shape index (κ2) is 6.57. The molecule has 0 saturated heterocycles. The Kier molecular flexibility index (Phi) is 5.02. The van der Waals surface area contributed by atoms with Crippen molar-refractivity contribution in [3.8, 4) is 0 Å². The predicted octanol–water partition coefficient (Wildman–Crippen LogP) is 3.76. The summed E-state index contributed by atoms with van der Waals surface area (Å²) in [6.45, 7) is 2.72. The van der Waals surface area contributed by atoms with Gasteiger partial charge in [0.05, 0.1) is 23.0 Å². The van der Waals surface area contributed by atoms with E-state index in [0.29, 0.717) is 22.0 Å². The first kappa shape index (κ1) is 15.3. The van der Waals surface area contributed by atoms with Crippen LogP contribution in [-0.4, -0.2) is 16.3 Å². The van der Waals surface area contributed by atoms with Gasteiger partial charge in [-0.1, -0.05) is 36.2 Å². The number of nitrogens with zero attached hydrogens (tertiary/aromatic N) is 2. The second-order valence-electron chi connectivity index (χ2n) is 4.52. The number of hydrogen-bond donors (Lipinski definition) is 1. The molecule has 0 aliphatic carbocycles. The number of nitrogens with one attached hydrogen (secondary N) is 1. The summed E-state index contributed by atoms with van der Waals surface area (Å²) in [4.78, 5) is 0. The molecule has 0 fully saturated rings. The maximum Gasteiger partial charge on any atom is 0.127 e. The van der Waals surface area contributed by atoms with Gasteiger partial charge >= 0.3 is 0 Å². The highest BCUT2D eigenvalue weighted by Crippen LogP contribution is 2.29. The molecule has 108 valence electrons. The molecule has 0 bridgehead atoms. The lowest BCUT2D eigenvalue weighted by Crippen LogP contribution is -2.26. The van der Waals surface area contributed by atoms with E-state index in [9.17, 15) is 4.39 Å². The number of rotatable bonds is 5. The van der Waals surface area contributed by atoms with E-state index in [1.54, 1.807) is 23.0 Å². The maximum atomic E-state index is 13.9. The molecule has 0 aliphatic heterocycles. The first-order chi connectivity index (χ1) is 9.54. The number of benzene rings is 1. The van der Waals surface area contributed by atoms with Crippen LogP contribution in [0.2, 0.25) is 10.0 Å². The van der Waals surface area contributed by atoms with Crippen LogP contribution in [0.1, 0.15) is 24.2 Å². The first-order valence-electron chi connectivity index (χ1n) is 6.38. The third-order valence-corrected chi connectivity index (χ3v) is 3.83. The number of likely N-dealkylation sites (N-methyl/N-ethyl adjacent to an activating group) is 1. The molecule has 3 nitrogen and oxygen atoms in total. The third-order valence-electron chi connectivity index (χ3n) is 3.19. The lowest BCUT2D eigenvalue weighted by atomic mass is 10.0. The molecule has 1 aromatic carbocycles. The standard InChI is InChI=1S/C14H16Cl2FN3/c1-3-18-13(14-11(16)8-19-20(14)2)7-9-10(15)5-4-6-12(9)17/h4-6,8,13,18H,3,7H2,1-2H3. The molecular weight excluding hydrogens is 300 g/mol. The molecule has 0 aliphatic rings. The summed E-state index contributed by atoms with van der Waals surface area (Å²) >= 11 is 12.3. The van der Waals surface area contributed by atoms with Gasteiger partial charge in [0.2, 0.25) is 0 Å². The third kappa shape index (κ3) is 3.14. The van der Waals surface area contributed by atoms with Crippen LogP contribution in [0.4, 0.5) is 4.39 Å². The number of aromatic nitrogens is 2. The summed E-state index contributed by atoms with van der Waals surface area (Å²) in [7, 11) is 1.81. The fourth-order valence-corrected chi connectivity index (χ4v) is 2.79. The van der Waals surface area contributed by atoms with E-state index in [0.717, 1.165) is 12.2 Å². The zero-order valence-electron chi connectivity index (χ0n) is 11.3. The van der Waals surface area contributed by atoms with Crippen molar-refractivity contribution in [2.45, 2.75) is 19.4 Å². The molecule has 1 N–H and O–H groups in total. The first-order valence-corrected chi connectivity index (χ1v) is 7.13. The fraction of sp³-hybridized carbons (Fsp3) is 0.357. The zero-order chi connectivity index (χ0) is 14.7. The Morgan fingerprint density at radius 1 is 1.35 bits per heavy atom. The predicted molar refractivity (Wildman–Crippen MR) is 79.7 cm³/mol. The number of aryl methyl sites for hydroxylation is 1. The molecule has 1 atom stereocenters. The van der Waals surface area contributed by atoms with Gasteiger partial charge in [-0.2, -0.15) is 5.10 Å². The average molecular weight is 316 g/mol. The normalized spacial score (nSPS) is 12.7. The minimum atomic E-state index is -0.307. The Hall–Kier alpha value is -1.10. The van der Waals surface area contributed by atoms with Crippen LogP contribution >= 0.6 is 23.2 Å². The van der Waals surface area contributed by atoms with E-state index in [2.05, 4.69) is 10.4 Å². The van der Waals surface area contributed by atoms with E-state index in [-0.39, 0.29) is 11.9 Å². The topological polar surface area (TPSA) is 29.9 Å². The minimum absolute atomic E-state index is 0.144. The van der Waals surface area contributed by atoms with Crippen LogP contribution in [-0.2, 0) is 13.5 Å². The largest absolute Gasteiger partial charge is 0.309 e. The monoisotopic (exact) mass is 315 g/mol. The molecule has 1 heterocycles. The molecule has 1 unspecified atom stereocenters. The molecule has 20 heavy (non-hydrogen) atoms.